The zero-order valence-electron chi connectivity index (χ0n) is 11.2. The van der Waals surface area contributed by atoms with Crippen molar-refractivity contribution < 1.29 is 4.79 Å². The number of ketones is 1. The summed E-state index contributed by atoms with van der Waals surface area (Å²) in [5.74, 6) is 0.893. The van der Waals surface area contributed by atoms with Crippen molar-refractivity contribution in [1.82, 2.24) is 15.3 Å². The molecule has 0 spiro atoms. The summed E-state index contributed by atoms with van der Waals surface area (Å²) in [7, 11) is 1.76. The number of nitrogens with one attached hydrogen (secondary N) is 2. The molecule has 1 aromatic heterocycles. The van der Waals surface area contributed by atoms with Crippen molar-refractivity contribution >= 4 is 16.8 Å². The maximum absolute atomic E-state index is 11.9. The van der Waals surface area contributed by atoms with E-state index >= 15 is 0 Å². The van der Waals surface area contributed by atoms with Gasteiger partial charge in [0.25, 0.3) is 0 Å². The van der Waals surface area contributed by atoms with Crippen LogP contribution in [0.25, 0.3) is 22.4 Å². The molecule has 3 aromatic rings. The van der Waals surface area contributed by atoms with Crippen molar-refractivity contribution in [3.05, 3.63) is 54.1 Å². The predicted molar refractivity (Wildman–Crippen MR) is 79.8 cm³/mol. The molecule has 0 aliphatic heterocycles. The molecular formula is C16H15N3O. The summed E-state index contributed by atoms with van der Waals surface area (Å²) in [5, 5.41) is 2.87. The van der Waals surface area contributed by atoms with Crippen molar-refractivity contribution in [2.45, 2.75) is 0 Å². The highest BCUT2D eigenvalue weighted by Crippen LogP contribution is 2.21. The van der Waals surface area contributed by atoms with Crippen LogP contribution in [-0.2, 0) is 0 Å². The van der Waals surface area contributed by atoms with Crippen LogP contribution < -0.4 is 5.32 Å². The second-order valence-corrected chi connectivity index (χ2v) is 4.64. The van der Waals surface area contributed by atoms with Gasteiger partial charge in [0.2, 0.25) is 0 Å². The van der Waals surface area contributed by atoms with E-state index in [9.17, 15) is 4.79 Å². The lowest BCUT2D eigenvalue weighted by Gasteiger charge is -1.99. The number of aromatic nitrogens is 2. The van der Waals surface area contributed by atoms with Crippen LogP contribution in [0.15, 0.2) is 48.5 Å². The molecule has 1 heterocycles. The molecule has 3 rings (SSSR count). The standard InChI is InChI=1S/C16H15N3O/c1-17-10-15(20)12-7-8-13-14(9-12)19-16(18-13)11-5-3-2-4-6-11/h2-9,17H,10H2,1H3,(H,18,19). The lowest BCUT2D eigenvalue weighted by atomic mass is 10.1. The number of imidazole rings is 1. The van der Waals surface area contributed by atoms with Gasteiger partial charge < -0.3 is 10.3 Å². The van der Waals surface area contributed by atoms with Gasteiger partial charge in [-0.2, -0.15) is 0 Å². The number of fused-ring (bicyclic) bond motifs is 1. The fraction of sp³-hybridized carbons (Fsp3) is 0.125. The Morgan fingerprint density at radius 2 is 2.00 bits per heavy atom. The number of rotatable bonds is 4. The topological polar surface area (TPSA) is 57.8 Å². The van der Waals surface area contributed by atoms with E-state index in [1.54, 1.807) is 7.05 Å². The van der Waals surface area contributed by atoms with Gasteiger partial charge in [0, 0.05) is 11.1 Å². The molecule has 2 N–H and O–H groups in total. The Morgan fingerprint density at radius 1 is 1.20 bits per heavy atom. The van der Waals surface area contributed by atoms with Crippen molar-refractivity contribution in [3.63, 3.8) is 0 Å². The van der Waals surface area contributed by atoms with Crippen LogP contribution in [-0.4, -0.2) is 29.3 Å². The quantitative estimate of drug-likeness (QED) is 0.713. The Hall–Kier alpha value is -2.46. The van der Waals surface area contributed by atoms with Crippen molar-refractivity contribution in [2.24, 2.45) is 0 Å². The van der Waals surface area contributed by atoms with Gasteiger partial charge in [-0.1, -0.05) is 30.3 Å². The molecule has 0 aliphatic rings. The van der Waals surface area contributed by atoms with Crippen molar-refractivity contribution in [1.29, 1.82) is 0 Å². The molecule has 0 unspecified atom stereocenters. The Labute approximate surface area is 116 Å². The summed E-state index contributed by atoms with van der Waals surface area (Å²) in [6.07, 6.45) is 0. The van der Waals surface area contributed by atoms with Gasteiger partial charge in [-0.05, 0) is 25.2 Å². The van der Waals surface area contributed by atoms with Crippen molar-refractivity contribution in [3.8, 4) is 11.4 Å². The summed E-state index contributed by atoms with van der Waals surface area (Å²) >= 11 is 0. The lowest BCUT2D eigenvalue weighted by molar-refractivity contribution is 0.0993. The lowest BCUT2D eigenvalue weighted by Crippen LogP contribution is -2.18. The second-order valence-electron chi connectivity index (χ2n) is 4.64. The number of H-pyrrole nitrogens is 1. The maximum atomic E-state index is 11.9. The van der Waals surface area contributed by atoms with Gasteiger partial charge >= 0.3 is 0 Å². The van der Waals surface area contributed by atoms with Crippen LogP contribution in [0.2, 0.25) is 0 Å². The third kappa shape index (κ3) is 2.33. The Bertz CT molecular complexity index is 747. The fourth-order valence-electron chi connectivity index (χ4n) is 2.18. The van der Waals surface area contributed by atoms with Gasteiger partial charge in [0.1, 0.15) is 5.82 Å². The van der Waals surface area contributed by atoms with Crippen LogP contribution in [0.1, 0.15) is 10.4 Å². The Balaban J connectivity index is 2.02. The fourth-order valence-corrected chi connectivity index (χ4v) is 2.18. The van der Waals surface area contributed by atoms with E-state index in [1.165, 1.54) is 0 Å². The first kappa shape index (κ1) is 12.6. The molecule has 0 aliphatic carbocycles. The summed E-state index contributed by atoms with van der Waals surface area (Å²) in [6, 6.07) is 15.5. The monoisotopic (exact) mass is 265 g/mol. The first-order valence-corrected chi connectivity index (χ1v) is 6.51. The number of likely N-dealkylation sites (N-methyl/N-ethyl adjacent to an activating group) is 1. The number of Topliss-reactive ketones (excluding diaryl/α,β-unsaturated/α-hetero) is 1. The number of nitrogens with zero attached hydrogens (tertiary/aromatic N) is 1. The highest BCUT2D eigenvalue weighted by Gasteiger charge is 2.09. The minimum atomic E-state index is 0.0743. The summed E-state index contributed by atoms with van der Waals surface area (Å²) in [4.78, 5) is 19.7. The molecule has 0 saturated heterocycles. The third-order valence-corrected chi connectivity index (χ3v) is 3.19. The molecule has 0 amide bonds. The van der Waals surface area contributed by atoms with Crippen molar-refractivity contribution in [2.75, 3.05) is 13.6 Å². The zero-order valence-corrected chi connectivity index (χ0v) is 11.2. The highest BCUT2D eigenvalue weighted by atomic mass is 16.1. The minimum Gasteiger partial charge on any atom is -0.338 e. The summed E-state index contributed by atoms with van der Waals surface area (Å²) in [6.45, 7) is 0.338. The number of hydrogen-bond donors (Lipinski definition) is 2. The SMILES string of the molecule is CNCC(=O)c1ccc2nc(-c3ccccc3)[nH]c2c1. The average molecular weight is 265 g/mol. The molecule has 0 radical (unpaired) electrons. The normalized spacial score (nSPS) is 10.8. The molecule has 0 bridgehead atoms. The van der Waals surface area contributed by atoms with Gasteiger partial charge in [0.15, 0.2) is 5.78 Å². The van der Waals surface area contributed by atoms with Gasteiger partial charge in [-0.15, -0.1) is 0 Å². The first-order chi connectivity index (χ1) is 9.78. The van der Waals surface area contributed by atoms with Crippen LogP contribution >= 0.6 is 0 Å². The third-order valence-electron chi connectivity index (χ3n) is 3.19. The van der Waals surface area contributed by atoms with E-state index in [-0.39, 0.29) is 5.78 Å². The maximum Gasteiger partial charge on any atom is 0.176 e. The summed E-state index contributed by atoms with van der Waals surface area (Å²) < 4.78 is 0. The van der Waals surface area contributed by atoms with E-state index in [4.69, 9.17) is 0 Å². The molecule has 2 aromatic carbocycles. The molecule has 0 saturated carbocycles. The Morgan fingerprint density at radius 3 is 2.75 bits per heavy atom. The molecule has 0 atom stereocenters. The molecule has 0 fully saturated rings. The Kier molecular flexibility index (Phi) is 3.31. The molecule has 20 heavy (non-hydrogen) atoms. The largest absolute Gasteiger partial charge is 0.338 e. The molecular weight excluding hydrogens is 250 g/mol. The number of carbonyl (C=O) groups is 1. The summed E-state index contributed by atoms with van der Waals surface area (Å²) in [5.41, 5.74) is 3.47. The molecule has 100 valence electrons. The second kappa shape index (κ2) is 5.27. The van der Waals surface area contributed by atoms with Crippen LogP contribution in [0.4, 0.5) is 0 Å². The predicted octanol–water partition coefficient (Wildman–Crippen LogP) is 2.63. The first-order valence-electron chi connectivity index (χ1n) is 6.51. The number of benzene rings is 2. The number of carbonyl (C=O) groups excluding carboxylic acids is 1. The number of hydrogen-bond acceptors (Lipinski definition) is 3. The van der Waals surface area contributed by atoms with Gasteiger partial charge in [-0.3, -0.25) is 4.79 Å². The van der Waals surface area contributed by atoms with Crippen LogP contribution in [0.5, 0.6) is 0 Å². The van der Waals surface area contributed by atoms with E-state index < -0.39 is 0 Å². The van der Waals surface area contributed by atoms with E-state index in [2.05, 4.69) is 15.3 Å². The number of aromatic amines is 1. The minimum absolute atomic E-state index is 0.0743. The van der Waals surface area contributed by atoms with E-state index in [0.717, 1.165) is 22.4 Å². The average Bonchev–Trinajstić information content (AvgIpc) is 2.91. The van der Waals surface area contributed by atoms with Crippen LogP contribution in [0.3, 0.4) is 0 Å². The van der Waals surface area contributed by atoms with Gasteiger partial charge in [0.05, 0.1) is 17.6 Å². The molecule has 4 heteroatoms. The van der Waals surface area contributed by atoms with E-state index in [0.29, 0.717) is 12.1 Å². The molecule has 4 nitrogen and oxygen atoms in total. The smallest absolute Gasteiger partial charge is 0.176 e. The highest BCUT2D eigenvalue weighted by molar-refractivity contribution is 6.00. The van der Waals surface area contributed by atoms with Crippen LogP contribution in [0, 0.1) is 0 Å². The zero-order chi connectivity index (χ0) is 13.9. The van der Waals surface area contributed by atoms with E-state index in [1.807, 2.05) is 48.5 Å². The van der Waals surface area contributed by atoms with Gasteiger partial charge in [-0.25, -0.2) is 4.98 Å².